The Morgan fingerprint density at radius 3 is 2.35 bits per heavy atom. The van der Waals surface area contributed by atoms with Crippen LogP contribution in [0, 0.1) is 13.8 Å². The molecule has 0 aliphatic rings. The highest BCUT2D eigenvalue weighted by Gasteiger charge is 2.10. The maximum absolute atomic E-state index is 9.23. The summed E-state index contributed by atoms with van der Waals surface area (Å²) in [5, 5.41) is 22.8. The molecule has 0 fully saturated rings. The zero-order valence-corrected chi connectivity index (χ0v) is 10.0. The number of aromatic nitrogens is 2. The van der Waals surface area contributed by atoms with E-state index in [1.165, 1.54) is 0 Å². The standard InChI is InChI=1S/C13H16N2O2/c1-9-13(8-16)10(2)15(14-9)7-11-3-5-12(17)6-4-11/h3-6,16-17H,7-8H2,1-2H3. The maximum Gasteiger partial charge on any atom is 0.115 e. The van der Waals surface area contributed by atoms with Gasteiger partial charge in [-0.1, -0.05) is 12.1 Å². The molecule has 4 nitrogen and oxygen atoms in total. The van der Waals surface area contributed by atoms with Crippen LogP contribution in [0.25, 0.3) is 0 Å². The summed E-state index contributed by atoms with van der Waals surface area (Å²) in [7, 11) is 0. The lowest BCUT2D eigenvalue weighted by Crippen LogP contribution is -2.04. The summed E-state index contributed by atoms with van der Waals surface area (Å²) >= 11 is 0. The minimum atomic E-state index is 0.0211. The second kappa shape index (κ2) is 4.59. The zero-order valence-electron chi connectivity index (χ0n) is 10.0. The van der Waals surface area contributed by atoms with Crippen LogP contribution >= 0.6 is 0 Å². The van der Waals surface area contributed by atoms with Crippen LogP contribution in [0.15, 0.2) is 24.3 Å². The van der Waals surface area contributed by atoms with Gasteiger partial charge in [0.2, 0.25) is 0 Å². The Morgan fingerprint density at radius 2 is 1.82 bits per heavy atom. The number of aromatic hydroxyl groups is 1. The Hall–Kier alpha value is -1.81. The molecule has 0 saturated carbocycles. The summed E-state index contributed by atoms with van der Waals surface area (Å²) in [5.74, 6) is 0.262. The van der Waals surface area contributed by atoms with Gasteiger partial charge in [-0.25, -0.2) is 0 Å². The molecule has 2 N–H and O–H groups in total. The van der Waals surface area contributed by atoms with E-state index in [4.69, 9.17) is 0 Å². The Kier molecular flexibility index (Phi) is 3.15. The normalized spacial score (nSPS) is 10.8. The number of phenolic OH excluding ortho intramolecular Hbond substituents is 1. The van der Waals surface area contributed by atoms with Crippen molar-refractivity contribution in [3.63, 3.8) is 0 Å². The van der Waals surface area contributed by atoms with Crippen molar-refractivity contribution in [1.82, 2.24) is 9.78 Å². The molecule has 0 amide bonds. The van der Waals surface area contributed by atoms with E-state index in [0.717, 1.165) is 22.5 Å². The Labute approximate surface area is 100 Å². The Morgan fingerprint density at radius 1 is 1.18 bits per heavy atom. The smallest absolute Gasteiger partial charge is 0.115 e. The molecule has 0 aliphatic carbocycles. The predicted octanol–water partition coefficient (Wildman–Crippen LogP) is 1.75. The largest absolute Gasteiger partial charge is 0.508 e. The van der Waals surface area contributed by atoms with E-state index in [1.54, 1.807) is 12.1 Å². The third kappa shape index (κ3) is 2.31. The first-order chi connectivity index (χ1) is 8.11. The highest BCUT2D eigenvalue weighted by atomic mass is 16.3. The number of nitrogens with zero attached hydrogens (tertiary/aromatic N) is 2. The first kappa shape index (κ1) is 11.7. The molecule has 90 valence electrons. The number of hydrogen-bond donors (Lipinski definition) is 2. The molecule has 1 aromatic carbocycles. The fourth-order valence-corrected chi connectivity index (χ4v) is 1.89. The van der Waals surface area contributed by atoms with Crippen molar-refractivity contribution in [2.75, 3.05) is 0 Å². The minimum Gasteiger partial charge on any atom is -0.508 e. The van der Waals surface area contributed by atoms with Gasteiger partial charge in [-0.15, -0.1) is 0 Å². The lowest BCUT2D eigenvalue weighted by molar-refractivity contribution is 0.280. The van der Waals surface area contributed by atoms with Crippen LogP contribution in [0.2, 0.25) is 0 Å². The van der Waals surface area contributed by atoms with Crippen LogP contribution in [-0.2, 0) is 13.2 Å². The average molecular weight is 232 g/mol. The van der Waals surface area contributed by atoms with E-state index in [0.29, 0.717) is 6.54 Å². The quantitative estimate of drug-likeness (QED) is 0.847. The molecule has 0 saturated heterocycles. The van der Waals surface area contributed by atoms with Crippen molar-refractivity contribution < 1.29 is 10.2 Å². The third-order valence-electron chi connectivity index (χ3n) is 2.96. The molecular formula is C13H16N2O2. The molecule has 0 unspecified atom stereocenters. The van der Waals surface area contributed by atoms with E-state index in [9.17, 15) is 10.2 Å². The van der Waals surface area contributed by atoms with Crippen molar-refractivity contribution in [3.05, 3.63) is 46.8 Å². The van der Waals surface area contributed by atoms with Gasteiger partial charge < -0.3 is 10.2 Å². The van der Waals surface area contributed by atoms with Gasteiger partial charge in [-0.2, -0.15) is 5.10 Å². The van der Waals surface area contributed by atoms with Gasteiger partial charge in [0.05, 0.1) is 18.8 Å². The molecule has 0 bridgehead atoms. The summed E-state index contributed by atoms with van der Waals surface area (Å²) in [6, 6.07) is 7.05. The van der Waals surface area contributed by atoms with Crippen LogP contribution < -0.4 is 0 Å². The fourth-order valence-electron chi connectivity index (χ4n) is 1.89. The number of phenols is 1. The van der Waals surface area contributed by atoms with Gasteiger partial charge in [0, 0.05) is 11.3 Å². The van der Waals surface area contributed by atoms with Crippen LogP contribution in [0.1, 0.15) is 22.5 Å². The zero-order chi connectivity index (χ0) is 12.4. The van der Waals surface area contributed by atoms with Gasteiger partial charge in [-0.3, -0.25) is 4.68 Å². The van der Waals surface area contributed by atoms with Gasteiger partial charge in [0.25, 0.3) is 0 Å². The first-order valence-corrected chi connectivity index (χ1v) is 5.53. The number of aryl methyl sites for hydroxylation is 1. The molecular weight excluding hydrogens is 216 g/mol. The summed E-state index contributed by atoms with van der Waals surface area (Å²) < 4.78 is 1.87. The molecule has 1 aromatic heterocycles. The van der Waals surface area contributed by atoms with Crippen molar-refractivity contribution in [3.8, 4) is 5.75 Å². The van der Waals surface area contributed by atoms with Gasteiger partial charge >= 0.3 is 0 Å². The molecule has 0 aliphatic heterocycles. The highest BCUT2D eigenvalue weighted by Crippen LogP contribution is 2.16. The number of aliphatic hydroxyl groups excluding tert-OH is 1. The predicted molar refractivity (Wildman–Crippen MR) is 64.8 cm³/mol. The number of aliphatic hydroxyl groups is 1. The van der Waals surface area contributed by atoms with E-state index in [-0.39, 0.29) is 12.4 Å². The molecule has 17 heavy (non-hydrogen) atoms. The van der Waals surface area contributed by atoms with E-state index < -0.39 is 0 Å². The van der Waals surface area contributed by atoms with Gasteiger partial charge in [0.1, 0.15) is 5.75 Å². The summed E-state index contributed by atoms with van der Waals surface area (Å²) in [6.07, 6.45) is 0. The number of hydrogen-bond acceptors (Lipinski definition) is 3. The fraction of sp³-hybridized carbons (Fsp3) is 0.308. The van der Waals surface area contributed by atoms with E-state index >= 15 is 0 Å². The Balaban J connectivity index is 2.27. The summed E-state index contributed by atoms with van der Waals surface area (Å²) in [6.45, 7) is 4.51. The Bertz CT molecular complexity index is 515. The molecule has 0 spiro atoms. The van der Waals surface area contributed by atoms with Crippen LogP contribution in [-0.4, -0.2) is 20.0 Å². The lowest BCUT2D eigenvalue weighted by atomic mass is 10.2. The van der Waals surface area contributed by atoms with Crippen LogP contribution in [0.3, 0.4) is 0 Å². The monoisotopic (exact) mass is 232 g/mol. The van der Waals surface area contributed by atoms with Crippen molar-refractivity contribution in [2.24, 2.45) is 0 Å². The molecule has 0 atom stereocenters. The van der Waals surface area contributed by atoms with Gasteiger partial charge in [-0.05, 0) is 31.5 Å². The van der Waals surface area contributed by atoms with Gasteiger partial charge in [0.15, 0.2) is 0 Å². The topological polar surface area (TPSA) is 58.3 Å². The highest BCUT2D eigenvalue weighted by molar-refractivity contribution is 5.28. The first-order valence-electron chi connectivity index (χ1n) is 5.53. The number of benzene rings is 1. The second-order valence-corrected chi connectivity index (χ2v) is 4.13. The van der Waals surface area contributed by atoms with Crippen molar-refractivity contribution in [2.45, 2.75) is 27.0 Å². The lowest BCUT2D eigenvalue weighted by Gasteiger charge is -2.05. The summed E-state index contributed by atoms with van der Waals surface area (Å²) in [4.78, 5) is 0. The second-order valence-electron chi connectivity index (χ2n) is 4.13. The van der Waals surface area contributed by atoms with E-state index in [2.05, 4.69) is 5.10 Å². The molecule has 2 rings (SSSR count). The molecule has 1 heterocycles. The molecule has 4 heteroatoms. The van der Waals surface area contributed by atoms with Crippen molar-refractivity contribution >= 4 is 0 Å². The van der Waals surface area contributed by atoms with Crippen LogP contribution in [0.5, 0.6) is 5.75 Å². The average Bonchev–Trinajstić information content (AvgIpc) is 2.57. The molecule has 2 aromatic rings. The number of rotatable bonds is 3. The maximum atomic E-state index is 9.23. The van der Waals surface area contributed by atoms with E-state index in [1.807, 2.05) is 30.7 Å². The summed E-state index contributed by atoms with van der Waals surface area (Å²) in [5.41, 5.74) is 3.81. The van der Waals surface area contributed by atoms with Crippen LogP contribution in [0.4, 0.5) is 0 Å². The van der Waals surface area contributed by atoms with Crippen molar-refractivity contribution in [1.29, 1.82) is 0 Å². The third-order valence-corrected chi connectivity index (χ3v) is 2.96. The minimum absolute atomic E-state index is 0.0211. The molecule has 0 radical (unpaired) electrons. The SMILES string of the molecule is Cc1nn(Cc2ccc(O)cc2)c(C)c1CO.